The van der Waals surface area contributed by atoms with E-state index >= 15 is 0 Å². The van der Waals surface area contributed by atoms with Crippen LogP contribution < -0.4 is 0 Å². The zero-order chi connectivity index (χ0) is 21.0. The Kier molecular flexibility index (Phi) is 12.3. The van der Waals surface area contributed by atoms with Crippen LogP contribution in [-0.2, 0) is 47.4 Å². The maximum Gasteiger partial charge on any atom is 0.522 e. The van der Waals surface area contributed by atoms with Crippen LogP contribution in [0.25, 0.3) is 0 Å². The molecule has 22 heteroatoms. The Balaban J connectivity index is -0.000000130. The summed E-state index contributed by atoms with van der Waals surface area (Å²) >= 11 is 0. The predicted molar refractivity (Wildman–Crippen MR) is 52.8 cm³/mol. The van der Waals surface area contributed by atoms with E-state index in [4.69, 9.17) is 38.9 Å². The zero-order valence-corrected chi connectivity index (χ0v) is 13.8. The van der Waals surface area contributed by atoms with Crippen LogP contribution in [0.2, 0.25) is 0 Å². The molecule has 3 N–H and O–H groups in total. The maximum absolute atomic E-state index is 10.7. The molecule has 0 aliphatic rings. The Hall–Kier alpha value is -0.381. The number of halogens is 9. The Morgan fingerprint density at radius 3 is 0.480 bits per heavy atom. The quantitative estimate of drug-likeness (QED) is 0.190. The van der Waals surface area contributed by atoms with Crippen molar-refractivity contribution in [3.63, 3.8) is 0 Å². The van der Waals surface area contributed by atoms with Crippen molar-refractivity contribution in [3.8, 4) is 0 Å². The standard InChI is InChI=1S/3CHF3O3S.Fe/c3*2-1(3,4)8(5,6)7;/h3*(H,5,6,7);. The average Bonchev–Trinajstić information content (AvgIpc) is 2.08. The summed E-state index contributed by atoms with van der Waals surface area (Å²) in [5.74, 6) is 0. The predicted octanol–water partition coefficient (Wildman–Crippen LogP) is 1.18. The third kappa shape index (κ3) is 15.6. The van der Waals surface area contributed by atoms with Crippen molar-refractivity contribution < 1.29 is 95.5 Å². The number of rotatable bonds is 0. The molecule has 0 fully saturated rings. The first kappa shape index (κ1) is 32.3. The van der Waals surface area contributed by atoms with Gasteiger partial charge in [-0.1, -0.05) is 0 Å². The van der Waals surface area contributed by atoms with E-state index < -0.39 is 46.9 Å². The summed E-state index contributed by atoms with van der Waals surface area (Å²) in [7, 11) is -17.5. The van der Waals surface area contributed by atoms with Crippen LogP contribution in [0.4, 0.5) is 39.5 Å². The normalized spacial score (nSPS) is 13.4. The molecule has 25 heavy (non-hydrogen) atoms. The van der Waals surface area contributed by atoms with Gasteiger partial charge in [-0.15, -0.1) is 0 Å². The molecular formula is C3H3F9FeO9S3. The van der Waals surface area contributed by atoms with Crippen molar-refractivity contribution in [2.45, 2.75) is 16.5 Å². The molecule has 0 heterocycles. The first-order valence-corrected chi connectivity index (χ1v) is 8.18. The number of hydrogen-bond donors (Lipinski definition) is 3. The fourth-order valence-corrected chi connectivity index (χ4v) is 0. The van der Waals surface area contributed by atoms with Gasteiger partial charge in [0.15, 0.2) is 0 Å². The largest absolute Gasteiger partial charge is 0.522 e. The van der Waals surface area contributed by atoms with Crippen LogP contribution in [0.1, 0.15) is 0 Å². The Morgan fingerprint density at radius 1 is 0.440 bits per heavy atom. The van der Waals surface area contributed by atoms with Crippen molar-refractivity contribution in [1.29, 1.82) is 0 Å². The summed E-state index contributed by atoms with van der Waals surface area (Å²) in [6, 6.07) is 0. The van der Waals surface area contributed by atoms with Gasteiger partial charge >= 0.3 is 46.9 Å². The van der Waals surface area contributed by atoms with Gasteiger partial charge in [-0.2, -0.15) is 64.8 Å². The first-order chi connectivity index (χ1) is 9.75. The molecule has 158 valence electrons. The fourth-order valence-electron chi connectivity index (χ4n) is 0. The molecule has 0 aromatic heterocycles. The molecule has 0 spiro atoms. The second-order valence-corrected chi connectivity index (χ2v) is 7.00. The van der Waals surface area contributed by atoms with E-state index in [1.54, 1.807) is 0 Å². The van der Waals surface area contributed by atoms with Crippen LogP contribution >= 0.6 is 0 Å². The smallest absolute Gasteiger partial charge is 0.279 e. The minimum absolute atomic E-state index is 0. The van der Waals surface area contributed by atoms with Crippen LogP contribution in [0.15, 0.2) is 0 Å². The molecule has 0 saturated heterocycles. The molecule has 0 rings (SSSR count). The third-order valence-corrected chi connectivity index (χ3v) is 2.63. The van der Waals surface area contributed by atoms with Gasteiger partial charge < -0.3 is 0 Å². The van der Waals surface area contributed by atoms with E-state index in [0.29, 0.717) is 0 Å². The van der Waals surface area contributed by atoms with Crippen molar-refractivity contribution in [2.75, 3.05) is 0 Å². The van der Waals surface area contributed by atoms with E-state index in [-0.39, 0.29) is 17.1 Å². The topological polar surface area (TPSA) is 163 Å². The molecule has 0 aliphatic carbocycles. The van der Waals surface area contributed by atoms with E-state index in [1.165, 1.54) is 0 Å². The van der Waals surface area contributed by atoms with E-state index in [1.807, 2.05) is 0 Å². The van der Waals surface area contributed by atoms with Crippen molar-refractivity contribution in [2.24, 2.45) is 0 Å². The van der Waals surface area contributed by atoms with Crippen LogP contribution in [0.5, 0.6) is 0 Å². The Morgan fingerprint density at radius 2 is 0.480 bits per heavy atom. The van der Waals surface area contributed by atoms with Gasteiger partial charge in [-0.05, 0) is 0 Å². The minimum atomic E-state index is -5.84. The van der Waals surface area contributed by atoms with Gasteiger partial charge in [0.2, 0.25) is 0 Å². The summed E-state index contributed by atoms with van der Waals surface area (Å²) in [5, 5.41) is 0. The molecule has 0 aromatic carbocycles. The van der Waals surface area contributed by atoms with Crippen molar-refractivity contribution >= 4 is 30.4 Å². The SMILES string of the molecule is O=S(=O)(O)C(F)(F)F.O=S(=O)(O)C(F)(F)F.O=S(=O)(O)C(F)(F)F.[Fe]. The molecule has 9 nitrogen and oxygen atoms in total. The molecule has 0 atom stereocenters. The Labute approximate surface area is 142 Å². The van der Waals surface area contributed by atoms with Crippen molar-refractivity contribution in [1.82, 2.24) is 0 Å². The van der Waals surface area contributed by atoms with Crippen molar-refractivity contribution in [3.05, 3.63) is 0 Å². The summed E-state index contributed by atoms with van der Waals surface area (Å²) in [5.41, 5.74) is -16.6. The average molecular weight is 506 g/mol. The van der Waals surface area contributed by atoms with E-state index in [0.717, 1.165) is 0 Å². The molecular weight excluding hydrogens is 503 g/mol. The number of alkyl halides is 9. The number of hydrogen-bond acceptors (Lipinski definition) is 6. The van der Waals surface area contributed by atoms with Crippen LogP contribution in [-0.4, -0.2) is 55.4 Å². The summed E-state index contributed by atoms with van der Waals surface area (Å²) in [6.45, 7) is 0. The van der Waals surface area contributed by atoms with Gasteiger partial charge in [0.05, 0.1) is 0 Å². The summed E-state index contributed by atoms with van der Waals surface area (Å²) < 4.78 is 173. The molecule has 0 radical (unpaired) electrons. The van der Waals surface area contributed by atoms with E-state index in [2.05, 4.69) is 0 Å². The minimum Gasteiger partial charge on any atom is -0.279 e. The Bertz CT molecular complexity index is 596. The maximum atomic E-state index is 10.7. The second kappa shape index (κ2) is 9.52. The molecule has 0 amide bonds. The molecule has 0 aromatic rings. The van der Waals surface area contributed by atoms with Crippen LogP contribution in [0, 0.1) is 0 Å². The fraction of sp³-hybridized carbons (Fsp3) is 1.00. The molecule has 0 aliphatic heterocycles. The van der Waals surface area contributed by atoms with Gasteiger partial charge in [0, 0.05) is 17.1 Å². The zero-order valence-electron chi connectivity index (χ0n) is 10.3. The van der Waals surface area contributed by atoms with E-state index in [9.17, 15) is 39.5 Å². The monoisotopic (exact) mass is 506 g/mol. The molecule has 0 bridgehead atoms. The van der Waals surface area contributed by atoms with Crippen LogP contribution in [0.3, 0.4) is 0 Å². The summed E-state index contributed by atoms with van der Waals surface area (Å²) in [4.78, 5) is 0. The van der Waals surface area contributed by atoms with Gasteiger partial charge in [-0.3, -0.25) is 13.7 Å². The molecule has 0 unspecified atom stereocenters. The van der Waals surface area contributed by atoms with Gasteiger partial charge in [0.1, 0.15) is 0 Å². The molecule has 0 saturated carbocycles. The third-order valence-electron chi connectivity index (χ3n) is 0.877. The van der Waals surface area contributed by atoms with Gasteiger partial charge in [0.25, 0.3) is 0 Å². The first-order valence-electron chi connectivity index (χ1n) is 3.86. The van der Waals surface area contributed by atoms with Gasteiger partial charge in [-0.25, -0.2) is 0 Å². The summed E-state index contributed by atoms with van der Waals surface area (Å²) in [6.07, 6.45) is 0. The second-order valence-electron chi connectivity index (χ2n) is 2.76.